The summed E-state index contributed by atoms with van der Waals surface area (Å²) in [6.45, 7) is 2.64. The average molecular weight is 155 g/mol. The van der Waals surface area contributed by atoms with Crippen LogP contribution >= 0.6 is 0 Å². The summed E-state index contributed by atoms with van der Waals surface area (Å²) >= 11 is 0. The monoisotopic (exact) mass is 155 g/mol. The van der Waals surface area contributed by atoms with Gasteiger partial charge in [0.2, 0.25) is 6.41 Å². The van der Waals surface area contributed by atoms with Crippen molar-refractivity contribution in [3.63, 3.8) is 0 Å². The Labute approximate surface area is 66.3 Å². The van der Waals surface area contributed by atoms with Gasteiger partial charge in [-0.05, 0) is 12.3 Å². The van der Waals surface area contributed by atoms with E-state index < -0.39 is 0 Å². The molecule has 1 heterocycles. The molecule has 0 spiro atoms. The Bertz CT molecular complexity index is 183. The highest BCUT2D eigenvalue weighted by Crippen LogP contribution is 2.56. The predicted molar refractivity (Wildman–Crippen MR) is 40.1 cm³/mol. The number of hydrogen-bond acceptors (Lipinski definition) is 2. The Kier molecular flexibility index (Phi) is 1.42. The Morgan fingerprint density at radius 2 is 2.64 bits per heavy atom. The van der Waals surface area contributed by atoms with Gasteiger partial charge in [-0.25, -0.2) is 0 Å². The van der Waals surface area contributed by atoms with Crippen molar-refractivity contribution in [3.05, 3.63) is 0 Å². The SMILES string of the molecule is CN(C=O)CC12COCC1C2. The minimum Gasteiger partial charge on any atom is -0.380 e. The standard InChI is InChI=1S/C8H13NO2/c1-9(6-10)4-8-2-7(8)3-11-5-8/h6-7H,2-5H2,1H3. The number of fused-ring (bicyclic) bond motifs is 1. The highest BCUT2D eigenvalue weighted by molar-refractivity contribution is 5.46. The third-order valence-electron chi connectivity index (χ3n) is 2.81. The first-order valence-corrected chi connectivity index (χ1v) is 4.00. The molecule has 3 heteroatoms. The van der Waals surface area contributed by atoms with Crippen molar-refractivity contribution in [2.24, 2.45) is 11.3 Å². The maximum Gasteiger partial charge on any atom is 0.209 e. The summed E-state index contributed by atoms with van der Waals surface area (Å²) in [5.41, 5.74) is 0.357. The quantitative estimate of drug-likeness (QED) is 0.541. The molecule has 3 nitrogen and oxygen atoms in total. The van der Waals surface area contributed by atoms with E-state index in [0.29, 0.717) is 5.41 Å². The molecule has 0 aromatic rings. The molecule has 0 radical (unpaired) electrons. The highest BCUT2D eigenvalue weighted by Gasteiger charge is 2.58. The van der Waals surface area contributed by atoms with E-state index in [-0.39, 0.29) is 0 Å². The fraction of sp³-hybridized carbons (Fsp3) is 0.875. The van der Waals surface area contributed by atoms with E-state index >= 15 is 0 Å². The maximum absolute atomic E-state index is 10.3. The van der Waals surface area contributed by atoms with Crippen molar-refractivity contribution in [1.82, 2.24) is 4.90 Å². The van der Waals surface area contributed by atoms with Gasteiger partial charge in [0.1, 0.15) is 0 Å². The first-order chi connectivity index (χ1) is 5.27. The molecule has 1 aliphatic heterocycles. The summed E-state index contributed by atoms with van der Waals surface area (Å²) in [4.78, 5) is 12.1. The topological polar surface area (TPSA) is 29.5 Å². The van der Waals surface area contributed by atoms with Gasteiger partial charge in [0.25, 0.3) is 0 Å². The second-order valence-electron chi connectivity index (χ2n) is 3.80. The number of carbonyl (C=O) groups is 1. The Hall–Kier alpha value is -0.570. The van der Waals surface area contributed by atoms with Gasteiger partial charge in [-0.3, -0.25) is 4.79 Å². The molecule has 2 fully saturated rings. The zero-order valence-corrected chi connectivity index (χ0v) is 6.75. The van der Waals surface area contributed by atoms with Crippen LogP contribution in [0.3, 0.4) is 0 Å². The molecule has 1 aliphatic carbocycles. The second kappa shape index (κ2) is 2.21. The lowest BCUT2D eigenvalue weighted by atomic mass is 10.1. The molecule has 1 saturated heterocycles. The number of hydrogen-bond donors (Lipinski definition) is 0. The zero-order valence-electron chi connectivity index (χ0n) is 6.75. The number of carbonyl (C=O) groups excluding carboxylic acids is 1. The molecule has 2 rings (SSSR count). The van der Waals surface area contributed by atoms with Crippen LogP contribution in [0.4, 0.5) is 0 Å². The van der Waals surface area contributed by atoms with Crippen LogP contribution in [0.1, 0.15) is 6.42 Å². The van der Waals surface area contributed by atoms with Crippen molar-refractivity contribution in [1.29, 1.82) is 0 Å². The van der Waals surface area contributed by atoms with Gasteiger partial charge in [-0.1, -0.05) is 0 Å². The Morgan fingerprint density at radius 1 is 1.82 bits per heavy atom. The summed E-state index contributed by atoms with van der Waals surface area (Å²) in [6.07, 6.45) is 2.15. The fourth-order valence-corrected chi connectivity index (χ4v) is 2.02. The van der Waals surface area contributed by atoms with Crippen LogP contribution in [0.15, 0.2) is 0 Å². The predicted octanol–water partition coefficient (Wildman–Crippen LogP) is 0.111. The molecule has 0 N–H and O–H groups in total. The molecular weight excluding hydrogens is 142 g/mol. The Balaban J connectivity index is 1.91. The van der Waals surface area contributed by atoms with Gasteiger partial charge >= 0.3 is 0 Å². The molecule has 0 aromatic heterocycles. The minimum absolute atomic E-state index is 0.357. The summed E-state index contributed by atoms with van der Waals surface area (Å²) < 4.78 is 5.31. The van der Waals surface area contributed by atoms with Crippen LogP contribution in [0, 0.1) is 11.3 Å². The van der Waals surface area contributed by atoms with Crippen molar-refractivity contribution >= 4 is 6.41 Å². The molecule has 2 atom stereocenters. The molecule has 2 aliphatic rings. The van der Waals surface area contributed by atoms with Crippen LogP contribution in [-0.4, -0.2) is 38.1 Å². The average Bonchev–Trinajstić information content (AvgIpc) is 2.53. The van der Waals surface area contributed by atoms with Gasteiger partial charge < -0.3 is 9.64 Å². The fourth-order valence-electron chi connectivity index (χ4n) is 2.02. The molecule has 11 heavy (non-hydrogen) atoms. The zero-order chi connectivity index (χ0) is 7.90. The van der Waals surface area contributed by atoms with Crippen LogP contribution in [0.25, 0.3) is 0 Å². The van der Waals surface area contributed by atoms with Gasteiger partial charge in [-0.15, -0.1) is 0 Å². The van der Waals surface area contributed by atoms with Crippen LogP contribution in [0.5, 0.6) is 0 Å². The van der Waals surface area contributed by atoms with E-state index in [4.69, 9.17) is 4.74 Å². The number of nitrogens with zero attached hydrogens (tertiary/aromatic N) is 1. The molecule has 62 valence electrons. The van der Waals surface area contributed by atoms with Crippen molar-refractivity contribution in [3.8, 4) is 0 Å². The van der Waals surface area contributed by atoms with Crippen molar-refractivity contribution in [2.45, 2.75) is 6.42 Å². The Morgan fingerprint density at radius 3 is 3.09 bits per heavy atom. The molecular formula is C8H13NO2. The van der Waals surface area contributed by atoms with E-state index in [2.05, 4.69) is 0 Å². The third kappa shape index (κ3) is 1.03. The van der Waals surface area contributed by atoms with E-state index in [9.17, 15) is 4.79 Å². The highest BCUT2D eigenvalue weighted by atomic mass is 16.5. The van der Waals surface area contributed by atoms with Crippen LogP contribution in [0.2, 0.25) is 0 Å². The first kappa shape index (κ1) is 7.10. The largest absolute Gasteiger partial charge is 0.380 e. The third-order valence-corrected chi connectivity index (χ3v) is 2.81. The first-order valence-electron chi connectivity index (χ1n) is 4.00. The van der Waals surface area contributed by atoms with Crippen LogP contribution < -0.4 is 0 Å². The summed E-state index contributed by atoms with van der Waals surface area (Å²) in [7, 11) is 1.83. The molecule has 0 aromatic carbocycles. The summed E-state index contributed by atoms with van der Waals surface area (Å²) in [5, 5.41) is 0. The van der Waals surface area contributed by atoms with E-state index in [0.717, 1.165) is 32.1 Å². The van der Waals surface area contributed by atoms with Crippen LogP contribution in [-0.2, 0) is 9.53 Å². The maximum atomic E-state index is 10.3. The van der Waals surface area contributed by atoms with E-state index in [1.165, 1.54) is 6.42 Å². The van der Waals surface area contributed by atoms with Crippen molar-refractivity contribution < 1.29 is 9.53 Å². The normalized spacial score (nSPS) is 39.9. The van der Waals surface area contributed by atoms with E-state index in [1.54, 1.807) is 4.90 Å². The minimum atomic E-state index is 0.357. The van der Waals surface area contributed by atoms with Gasteiger partial charge in [0, 0.05) is 19.0 Å². The van der Waals surface area contributed by atoms with Gasteiger partial charge in [0.15, 0.2) is 0 Å². The second-order valence-corrected chi connectivity index (χ2v) is 3.80. The lowest BCUT2D eigenvalue weighted by Crippen LogP contribution is -2.27. The molecule has 1 amide bonds. The summed E-state index contributed by atoms with van der Waals surface area (Å²) in [5.74, 6) is 0.741. The molecule has 2 unspecified atom stereocenters. The van der Waals surface area contributed by atoms with Crippen molar-refractivity contribution in [2.75, 3.05) is 26.8 Å². The molecule has 1 saturated carbocycles. The summed E-state index contributed by atoms with van der Waals surface area (Å²) in [6, 6.07) is 0. The number of ether oxygens (including phenoxy) is 1. The lowest BCUT2D eigenvalue weighted by molar-refractivity contribution is -0.117. The number of rotatable bonds is 3. The number of amides is 1. The van der Waals surface area contributed by atoms with Gasteiger partial charge in [0.05, 0.1) is 13.2 Å². The van der Waals surface area contributed by atoms with Gasteiger partial charge in [-0.2, -0.15) is 0 Å². The molecule has 0 bridgehead atoms. The van der Waals surface area contributed by atoms with E-state index in [1.807, 2.05) is 7.05 Å². The smallest absolute Gasteiger partial charge is 0.209 e. The lowest BCUT2D eigenvalue weighted by Gasteiger charge is -2.16.